The van der Waals surface area contributed by atoms with Crippen LogP contribution in [0.4, 0.5) is 0 Å². The van der Waals surface area contributed by atoms with Gasteiger partial charge in [0.05, 0.1) is 6.61 Å². The van der Waals surface area contributed by atoms with Gasteiger partial charge in [0.15, 0.2) is 0 Å². The van der Waals surface area contributed by atoms with E-state index >= 15 is 0 Å². The largest absolute Gasteiger partial charge is 0.463 e. The third-order valence-electron chi connectivity index (χ3n) is 2.35. The summed E-state index contributed by atoms with van der Waals surface area (Å²) in [5.41, 5.74) is 1.46. The summed E-state index contributed by atoms with van der Waals surface area (Å²) < 4.78 is 4.78. The maximum atomic E-state index is 10.9. The Kier molecular flexibility index (Phi) is 5.05. The summed E-state index contributed by atoms with van der Waals surface area (Å²) >= 11 is 0. The number of hydrogen-bond acceptors (Lipinski definition) is 2. The normalized spacial score (nSPS) is 17.1. The lowest BCUT2D eigenvalue weighted by atomic mass is 9.95. The maximum Gasteiger partial charge on any atom is 0.330 e. The molecule has 0 heterocycles. The van der Waals surface area contributed by atoms with Gasteiger partial charge >= 0.3 is 5.97 Å². The number of carbonyl (C=O) groups is 1. The minimum atomic E-state index is -0.250. The van der Waals surface area contributed by atoms with E-state index < -0.39 is 0 Å². The highest BCUT2D eigenvalue weighted by molar-refractivity contribution is 5.82. The van der Waals surface area contributed by atoms with E-state index in [-0.39, 0.29) is 5.97 Å². The van der Waals surface area contributed by atoms with Gasteiger partial charge in [0.2, 0.25) is 0 Å². The Bertz CT molecular complexity index is 231. The zero-order valence-corrected chi connectivity index (χ0v) is 8.79. The molecule has 0 unspecified atom stereocenters. The van der Waals surface area contributed by atoms with Crippen LogP contribution in [0.1, 0.15) is 39.0 Å². The maximum absolute atomic E-state index is 10.9. The fourth-order valence-electron chi connectivity index (χ4n) is 1.63. The number of rotatable bonds is 3. The van der Waals surface area contributed by atoms with Crippen molar-refractivity contribution >= 4 is 5.97 Å². The molecule has 14 heavy (non-hydrogen) atoms. The van der Waals surface area contributed by atoms with Gasteiger partial charge in [0, 0.05) is 6.08 Å². The molecule has 0 aromatic heterocycles. The molecule has 1 fully saturated rings. The van der Waals surface area contributed by atoms with Gasteiger partial charge in [0.25, 0.3) is 0 Å². The van der Waals surface area contributed by atoms with Gasteiger partial charge < -0.3 is 4.74 Å². The van der Waals surface area contributed by atoms with Gasteiger partial charge in [-0.3, -0.25) is 0 Å². The van der Waals surface area contributed by atoms with Gasteiger partial charge in [0.1, 0.15) is 0 Å². The molecule has 1 aliphatic carbocycles. The Morgan fingerprint density at radius 2 is 2.07 bits per heavy atom. The van der Waals surface area contributed by atoms with Gasteiger partial charge in [-0.15, -0.1) is 0 Å². The van der Waals surface area contributed by atoms with Gasteiger partial charge in [-0.1, -0.05) is 24.1 Å². The predicted octanol–water partition coefficient (Wildman–Crippen LogP) is 3.00. The van der Waals surface area contributed by atoms with Crippen molar-refractivity contribution in [3.8, 4) is 0 Å². The van der Waals surface area contributed by atoms with E-state index in [0.29, 0.717) is 6.61 Å². The number of hydrogen-bond donors (Lipinski definition) is 0. The van der Waals surface area contributed by atoms with Crippen LogP contribution < -0.4 is 0 Å². The molecule has 2 heteroatoms. The summed E-state index contributed by atoms with van der Waals surface area (Å²) in [5.74, 6) is -0.250. The van der Waals surface area contributed by atoms with Crippen LogP contribution in [0, 0.1) is 0 Å². The molecule has 78 valence electrons. The molecule has 0 saturated heterocycles. The SMILES string of the molecule is CCOC(=O)C=CC=C1CCCCC1. The van der Waals surface area contributed by atoms with Crippen molar-refractivity contribution in [2.75, 3.05) is 6.61 Å². The monoisotopic (exact) mass is 194 g/mol. The summed E-state index contributed by atoms with van der Waals surface area (Å²) in [6, 6.07) is 0. The highest BCUT2D eigenvalue weighted by atomic mass is 16.5. The van der Waals surface area contributed by atoms with Crippen molar-refractivity contribution in [1.82, 2.24) is 0 Å². The quantitative estimate of drug-likeness (QED) is 0.510. The van der Waals surface area contributed by atoms with E-state index in [1.54, 1.807) is 6.08 Å². The van der Waals surface area contributed by atoms with Crippen LogP contribution in [0.15, 0.2) is 23.8 Å². The van der Waals surface area contributed by atoms with Gasteiger partial charge in [-0.25, -0.2) is 4.79 Å². The Morgan fingerprint density at radius 3 is 2.71 bits per heavy atom. The second-order valence-electron chi connectivity index (χ2n) is 3.50. The van der Waals surface area contributed by atoms with E-state index in [0.717, 1.165) is 0 Å². The zero-order chi connectivity index (χ0) is 10.2. The summed E-state index contributed by atoms with van der Waals surface area (Å²) in [4.78, 5) is 10.9. The van der Waals surface area contributed by atoms with Crippen molar-refractivity contribution in [2.45, 2.75) is 39.0 Å². The lowest BCUT2D eigenvalue weighted by Gasteiger charge is -2.12. The minimum Gasteiger partial charge on any atom is -0.463 e. The molecule has 0 atom stereocenters. The molecule has 0 radical (unpaired) electrons. The number of esters is 1. The number of allylic oxidation sites excluding steroid dienone is 3. The van der Waals surface area contributed by atoms with Crippen molar-refractivity contribution in [1.29, 1.82) is 0 Å². The Hall–Kier alpha value is -1.05. The van der Waals surface area contributed by atoms with E-state index in [1.165, 1.54) is 43.8 Å². The van der Waals surface area contributed by atoms with E-state index in [1.807, 2.05) is 6.92 Å². The molecule has 1 aliphatic rings. The lowest BCUT2D eigenvalue weighted by molar-refractivity contribution is -0.137. The second-order valence-corrected chi connectivity index (χ2v) is 3.50. The molecule has 0 aliphatic heterocycles. The molecule has 2 nitrogen and oxygen atoms in total. The topological polar surface area (TPSA) is 26.3 Å². The van der Waals surface area contributed by atoms with E-state index in [2.05, 4.69) is 6.08 Å². The molecule has 0 aromatic carbocycles. The first-order valence-electron chi connectivity index (χ1n) is 5.36. The van der Waals surface area contributed by atoms with E-state index in [9.17, 15) is 4.79 Å². The zero-order valence-electron chi connectivity index (χ0n) is 8.79. The Morgan fingerprint density at radius 1 is 1.36 bits per heavy atom. The number of carbonyl (C=O) groups excluding carboxylic acids is 1. The highest BCUT2D eigenvalue weighted by Gasteiger charge is 2.03. The molecule has 1 rings (SSSR count). The molecular formula is C12H18O2. The molecule has 0 N–H and O–H groups in total. The minimum absolute atomic E-state index is 0.250. The van der Waals surface area contributed by atoms with Crippen LogP contribution in [0.3, 0.4) is 0 Å². The van der Waals surface area contributed by atoms with Gasteiger partial charge in [-0.05, 0) is 32.6 Å². The molecule has 0 spiro atoms. The standard InChI is InChI=1S/C12H18O2/c1-2-14-12(13)10-6-9-11-7-4-3-5-8-11/h6,9-10H,2-5,7-8H2,1H3. The van der Waals surface area contributed by atoms with Crippen molar-refractivity contribution in [2.24, 2.45) is 0 Å². The fourth-order valence-corrected chi connectivity index (χ4v) is 1.63. The Balaban J connectivity index is 2.32. The van der Waals surface area contributed by atoms with Crippen LogP contribution in [-0.4, -0.2) is 12.6 Å². The smallest absolute Gasteiger partial charge is 0.330 e. The lowest BCUT2D eigenvalue weighted by Crippen LogP contribution is -1.98. The number of ether oxygens (including phenoxy) is 1. The second kappa shape index (κ2) is 6.41. The Labute approximate surface area is 85.6 Å². The van der Waals surface area contributed by atoms with Crippen molar-refractivity contribution in [3.63, 3.8) is 0 Å². The van der Waals surface area contributed by atoms with Crippen LogP contribution in [0.5, 0.6) is 0 Å². The molecule has 0 bridgehead atoms. The van der Waals surface area contributed by atoms with Crippen LogP contribution in [0.25, 0.3) is 0 Å². The van der Waals surface area contributed by atoms with Crippen molar-refractivity contribution in [3.05, 3.63) is 23.8 Å². The third kappa shape index (κ3) is 4.26. The molecular weight excluding hydrogens is 176 g/mol. The molecule has 1 saturated carbocycles. The molecule has 0 aromatic rings. The van der Waals surface area contributed by atoms with Crippen LogP contribution in [0.2, 0.25) is 0 Å². The third-order valence-corrected chi connectivity index (χ3v) is 2.35. The van der Waals surface area contributed by atoms with Crippen molar-refractivity contribution < 1.29 is 9.53 Å². The predicted molar refractivity (Wildman–Crippen MR) is 56.9 cm³/mol. The summed E-state index contributed by atoms with van der Waals surface area (Å²) in [7, 11) is 0. The fraction of sp³-hybridized carbons (Fsp3) is 0.583. The first-order valence-corrected chi connectivity index (χ1v) is 5.36. The first-order chi connectivity index (χ1) is 6.83. The summed E-state index contributed by atoms with van der Waals surface area (Å²) in [6.07, 6.45) is 11.7. The van der Waals surface area contributed by atoms with E-state index in [4.69, 9.17) is 4.74 Å². The first kappa shape index (κ1) is 11.0. The van der Waals surface area contributed by atoms with Crippen LogP contribution >= 0.6 is 0 Å². The van der Waals surface area contributed by atoms with Crippen LogP contribution in [-0.2, 0) is 9.53 Å². The summed E-state index contributed by atoms with van der Waals surface area (Å²) in [6.45, 7) is 2.26. The molecule has 0 amide bonds. The van der Waals surface area contributed by atoms with Gasteiger partial charge in [-0.2, -0.15) is 0 Å². The summed E-state index contributed by atoms with van der Waals surface area (Å²) in [5, 5.41) is 0. The average molecular weight is 194 g/mol. The average Bonchev–Trinajstić information content (AvgIpc) is 2.20. The highest BCUT2D eigenvalue weighted by Crippen LogP contribution is 2.22.